The number of hydrogen-bond donors (Lipinski definition) is 0. The van der Waals surface area contributed by atoms with Crippen molar-refractivity contribution in [2.75, 3.05) is 18.6 Å². The van der Waals surface area contributed by atoms with Gasteiger partial charge in [0.1, 0.15) is 5.75 Å². The zero-order chi connectivity index (χ0) is 18.0. The van der Waals surface area contributed by atoms with E-state index < -0.39 is 0 Å². The van der Waals surface area contributed by atoms with Crippen LogP contribution in [0, 0.1) is 5.92 Å². The summed E-state index contributed by atoms with van der Waals surface area (Å²) in [5, 5.41) is 0. The molecule has 3 rings (SSSR count). The molecule has 1 saturated carbocycles. The summed E-state index contributed by atoms with van der Waals surface area (Å²) in [5.74, 6) is 0.624. The van der Waals surface area contributed by atoms with E-state index in [0.717, 1.165) is 24.3 Å². The second-order valence-corrected chi connectivity index (χ2v) is 7.38. The molecule has 2 aliphatic rings. The van der Waals surface area contributed by atoms with Crippen LogP contribution in [0.5, 0.6) is 5.75 Å². The second kappa shape index (κ2) is 7.46. The minimum Gasteiger partial charge on any atom is -0.497 e. The molecule has 1 saturated heterocycles. The van der Waals surface area contributed by atoms with Crippen molar-refractivity contribution in [3.05, 3.63) is 24.3 Å². The van der Waals surface area contributed by atoms with E-state index in [-0.39, 0.29) is 23.8 Å². The number of amides is 2. The van der Waals surface area contributed by atoms with Gasteiger partial charge in [-0.2, -0.15) is 0 Å². The molecule has 1 aliphatic carbocycles. The lowest BCUT2D eigenvalue weighted by Crippen LogP contribution is -2.47. The molecule has 0 bridgehead atoms. The molecule has 0 aromatic heterocycles. The van der Waals surface area contributed by atoms with Crippen LogP contribution in [0.15, 0.2) is 24.3 Å². The van der Waals surface area contributed by atoms with Crippen molar-refractivity contribution in [3.63, 3.8) is 0 Å². The lowest BCUT2D eigenvalue weighted by molar-refractivity contribution is -0.140. The molecule has 1 aliphatic heterocycles. The maximum absolute atomic E-state index is 13.1. The Morgan fingerprint density at radius 3 is 2.64 bits per heavy atom. The molecular weight excluding hydrogens is 316 g/mol. The van der Waals surface area contributed by atoms with E-state index in [1.54, 1.807) is 12.0 Å². The van der Waals surface area contributed by atoms with Gasteiger partial charge in [0, 0.05) is 36.8 Å². The fourth-order valence-electron chi connectivity index (χ4n) is 4.15. The highest BCUT2D eigenvalue weighted by Gasteiger charge is 2.40. The minimum atomic E-state index is -0.248. The minimum absolute atomic E-state index is 0.0155. The first-order valence-corrected chi connectivity index (χ1v) is 9.28. The second-order valence-electron chi connectivity index (χ2n) is 7.38. The predicted molar refractivity (Wildman–Crippen MR) is 97.7 cm³/mol. The van der Waals surface area contributed by atoms with Crippen LogP contribution in [0.1, 0.15) is 46.0 Å². The van der Waals surface area contributed by atoms with Crippen LogP contribution < -0.4 is 9.64 Å². The van der Waals surface area contributed by atoms with Gasteiger partial charge in [0.25, 0.3) is 0 Å². The first kappa shape index (κ1) is 17.8. The summed E-state index contributed by atoms with van der Waals surface area (Å²) in [5.41, 5.74) is 0.802. The molecule has 2 fully saturated rings. The van der Waals surface area contributed by atoms with E-state index in [1.807, 2.05) is 29.2 Å². The first-order chi connectivity index (χ1) is 12.0. The van der Waals surface area contributed by atoms with Crippen molar-refractivity contribution < 1.29 is 14.3 Å². The Bertz CT molecular complexity index is 638. The van der Waals surface area contributed by atoms with Crippen molar-refractivity contribution in [1.82, 2.24) is 4.90 Å². The summed E-state index contributed by atoms with van der Waals surface area (Å²) in [6.45, 7) is 4.61. The van der Waals surface area contributed by atoms with Crippen LogP contribution in [0.25, 0.3) is 0 Å². The third kappa shape index (κ3) is 3.65. The molecule has 0 radical (unpaired) electrons. The average molecular weight is 344 g/mol. The van der Waals surface area contributed by atoms with Crippen molar-refractivity contribution in [3.8, 4) is 5.75 Å². The van der Waals surface area contributed by atoms with Crippen LogP contribution in [0.4, 0.5) is 5.69 Å². The molecule has 25 heavy (non-hydrogen) atoms. The van der Waals surface area contributed by atoms with Gasteiger partial charge in [0.05, 0.1) is 13.0 Å². The predicted octanol–water partition coefficient (Wildman–Crippen LogP) is 3.23. The molecule has 1 aromatic carbocycles. The monoisotopic (exact) mass is 344 g/mol. The van der Waals surface area contributed by atoms with Crippen LogP contribution in [-0.4, -0.2) is 42.5 Å². The topological polar surface area (TPSA) is 49.9 Å². The van der Waals surface area contributed by atoms with E-state index >= 15 is 0 Å². The lowest BCUT2D eigenvalue weighted by Gasteiger charge is -2.34. The number of nitrogens with zero attached hydrogens (tertiary/aromatic N) is 2. The SMILES string of the molecule is COc1cccc(N2CC(C(=O)N(C(C)C)C3CCCC3)CC2=O)c1. The standard InChI is InChI=1S/C20H28N2O3/c1-14(2)22(16-7-4-5-8-16)20(24)15-11-19(23)21(13-15)17-9-6-10-18(12-17)25-3/h6,9-10,12,14-16H,4-5,7-8,11,13H2,1-3H3. The Labute approximate surface area is 149 Å². The molecule has 1 atom stereocenters. The number of rotatable bonds is 5. The number of benzene rings is 1. The Morgan fingerprint density at radius 1 is 1.28 bits per heavy atom. The van der Waals surface area contributed by atoms with Crippen LogP contribution in [0.3, 0.4) is 0 Å². The van der Waals surface area contributed by atoms with Gasteiger partial charge in [-0.25, -0.2) is 0 Å². The van der Waals surface area contributed by atoms with E-state index in [1.165, 1.54) is 12.8 Å². The Morgan fingerprint density at radius 2 is 2.00 bits per heavy atom. The molecule has 1 aromatic rings. The quantitative estimate of drug-likeness (QED) is 0.824. The highest BCUT2D eigenvalue weighted by atomic mass is 16.5. The zero-order valence-corrected chi connectivity index (χ0v) is 15.4. The zero-order valence-electron chi connectivity index (χ0n) is 15.4. The van der Waals surface area contributed by atoms with Crippen LogP contribution >= 0.6 is 0 Å². The highest BCUT2D eigenvalue weighted by Crippen LogP contribution is 2.32. The van der Waals surface area contributed by atoms with Gasteiger partial charge in [-0.1, -0.05) is 18.9 Å². The van der Waals surface area contributed by atoms with Crippen molar-refractivity contribution >= 4 is 17.5 Å². The molecule has 5 nitrogen and oxygen atoms in total. The van der Waals surface area contributed by atoms with Gasteiger partial charge < -0.3 is 14.5 Å². The average Bonchev–Trinajstić information content (AvgIpc) is 3.24. The molecule has 1 unspecified atom stereocenters. The Balaban J connectivity index is 1.75. The normalized spacial score (nSPS) is 21.2. The summed E-state index contributed by atoms with van der Waals surface area (Å²) in [6, 6.07) is 7.99. The molecule has 0 N–H and O–H groups in total. The summed E-state index contributed by atoms with van der Waals surface area (Å²) in [4.78, 5) is 29.4. The highest BCUT2D eigenvalue weighted by molar-refractivity contribution is 6.00. The lowest BCUT2D eigenvalue weighted by atomic mass is 10.0. The van der Waals surface area contributed by atoms with Gasteiger partial charge in [0.2, 0.25) is 11.8 Å². The van der Waals surface area contributed by atoms with Gasteiger partial charge in [-0.05, 0) is 38.8 Å². The van der Waals surface area contributed by atoms with Gasteiger partial charge in [-0.15, -0.1) is 0 Å². The van der Waals surface area contributed by atoms with E-state index in [2.05, 4.69) is 13.8 Å². The molecule has 1 heterocycles. The van der Waals surface area contributed by atoms with Crippen LogP contribution in [-0.2, 0) is 9.59 Å². The number of carbonyl (C=O) groups excluding carboxylic acids is 2. The van der Waals surface area contributed by atoms with Crippen molar-refractivity contribution in [2.24, 2.45) is 5.92 Å². The summed E-state index contributed by atoms with van der Waals surface area (Å²) < 4.78 is 5.25. The Hall–Kier alpha value is -2.04. The molecule has 0 spiro atoms. The Kier molecular flexibility index (Phi) is 5.30. The number of hydrogen-bond acceptors (Lipinski definition) is 3. The fraction of sp³-hybridized carbons (Fsp3) is 0.600. The smallest absolute Gasteiger partial charge is 0.228 e. The molecule has 5 heteroatoms. The summed E-state index contributed by atoms with van der Waals surface area (Å²) in [7, 11) is 1.61. The number of anilines is 1. The van der Waals surface area contributed by atoms with Crippen molar-refractivity contribution in [2.45, 2.75) is 58.0 Å². The van der Waals surface area contributed by atoms with E-state index in [0.29, 0.717) is 19.0 Å². The maximum Gasteiger partial charge on any atom is 0.228 e. The largest absolute Gasteiger partial charge is 0.497 e. The van der Waals surface area contributed by atoms with Gasteiger partial charge in [-0.3, -0.25) is 9.59 Å². The van der Waals surface area contributed by atoms with Crippen molar-refractivity contribution in [1.29, 1.82) is 0 Å². The molecule has 2 amide bonds. The van der Waals surface area contributed by atoms with Crippen LogP contribution in [0.2, 0.25) is 0 Å². The fourth-order valence-corrected chi connectivity index (χ4v) is 4.15. The number of methoxy groups -OCH3 is 1. The van der Waals surface area contributed by atoms with E-state index in [9.17, 15) is 9.59 Å². The third-order valence-electron chi connectivity index (χ3n) is 5.37. The number of ether oxygens (including phenoxy) is 1. The molecular formula is C20H28N2O3. The summed E-state index contributed by atoms with van der Waals surface area (Å²) >= 11 is 0. The van der Waals surface area contributed by atoms with Gasteiger partial charge in [0.15, 0.2) is 0 Å². The third-order valence-corrected chi connectivity index (χ3v) is 5.37. The molecule has 136 valence electrons. The summed E-state index contributed by atoms with van der Waals surface area (Å²) in [6.07, 6.45) is 4.86. The van der Waals surface area contributed by atoms with E-state index in [4.69, 9.17) is 4.74 Å². The first-order valence-electron chi connectivity index (χ1n) is 9.28. The van der Waals surface area contributed by atoms with Gasteiger partial charge >= 0.3 is 0 Å². The maximum atomic E-state index is 13.1. The number of carbonyl (C=O) groups is 2.